The number of pyridine rings is 1. The average molecular weight is 323 g/mol. The normalized spacial score (nSPS) is 10.6. The highest BCUT2D eigenvalue weighted by Gasteiger charge is 2.13. The zero-order valence-electron chi connectivity index (χ0n) is 13.0. The Kier molecular flexibility index (Phi) is 4.08. The molecule has 0 radical (unpaired) electrons. The summed E-state index contributed by atoms with van der Waals surface area (Å²) < 4.78 is 27.3. The highest BCUT2D eigenvalue weighted by Crippen LogP contribution is 2.33. The first-order chi connectivity index (χ1) is 11.5. The number of nitrogens with one attached hydrogen (secondary N) is 1. The van der Waals surface area contributed by atoms with Crippen molar-refractivity contribution >= 4 is 11.9 Å². The van der Waals surface area contributed by atoms with Crippen LogP contribution in [0.5, 0.6) is 0 Å². The largest absolute Gasteiger partial charge is 0.398 e. The molecule has 5 heteroatoms. The van der Waals surface area contributed by atoms with Crippen molar-refractivity contribution in [2.75, 3.05) is 5.73 Å². The molecule has 3 nitrogen and oxygen atoms in total. The maximum absolute atomic E-state index is 13.8. The van der Waals surface area contributed by atoms with Crippen molar-refractivity contribution in [1.29, 1.82) is 5.41 Å². The van der Waals surface area contributed by atoms with Crippen molar-refractivity contribution in [3.05, 3.63) is 71.4 Å². The van der Waals surface area contributed by atoms with Crippen LogP contribution in [0.25, 0.3) is 22.4 Å². The minimum absolute atomic E-state index is 0.305. The molecule has 1 aromatic heterocycles. The molecule has 0 bridgehead atoms. The summed E-state index contributed by atoms with van der Waals surface area (Å²) in [7, 11) is 0. The van der Waals surface area contributed by atoms with E-state index < -0.39 is 5.82 Å². The summed E-state index contributed by atoms with van der Waals surface area (Å²) in [5.41, 5.74) is 9.79. The molecule has 0 aliphatic rings. The van der Waals surface area contributed by atoms with Gasteiger partial charge >= 0.3 is 0 Å². The molecule has 3 N–H and O–H groups in total. The van der Waals surface area contributed by atoms with Gasteiger partial charge in [0.1, 0.15) is 11.6 Å². The van der Waals surface area contributed by atoms with Crippen LogP contribution < -0.4 is 5.73 Å². The average Bonchev–Trinajstić information content (AvgIpc) is 2.58. The summed E-state index contributed by atoms with van der Waals surface area (Å²) in [6.07, 6.45) is 2.28. The summed E-state index contributed by atoms with van der Waals surface area (Å²) in [5.74, 6) is -0.776. The molecule has 3 rings (SSSR count). The number of hydrogen-bond acceptors (Lipinski definition) is 3. The zero-order valence-corrected chi connectivity index (χ0v) is 13.0. The lowest BCUT2D eigenvalue weighted by Gasteiger charge is -2.12. The Morgan fingerprint density at radius 3 is 2.50 bits per heavy atom. The molecule has 3 aromatic rings. The maximum atomic E-state index is 13.8. The summed E-state index contributed by atoms with van der Waals surface area (Å²) in [6, 6.07) is 11.2. The lowest BCUT2D eigenvalue weighted by Crippen LogP contribution is -1.96. The minimum Gasteiger partial charge on any atom is -0.398 e. The second-order valence-electron chi connectivity index (χ2n) is 5.50. The second kappa shape index (κ2) is 6.20. The number of aromatic nitrogens is 1. The number of nitrogens with two attached hydrogens (primary N) is 1. The number of anilines is 1. The predicted octanol–water partition coefficient (Wildman–Crippen LogP) is 4.58. The van der Waals surface area contributed by atoms with Crippen LogP contribution in [0.15, 0.2) is 48.7 Å². The van der Waals surface area contributed by atoms with E-state index in [0.29, 0.717) is 39.2 Å². The number of halogens is 2. The smallest absolute Gasteiger partial charge is 0.142 e. The van der Waals surface area contributed by atoms with E-state index >= 15 is 0 Å². The SMILES string of the molecule is Cc1cc(-c2ncc(F)cc2-c2ccc(N)c(C=N)c2)ccc1F. The van der Waals surface area contributed by atoms with Gasteiger partial charge in [-0.1, -0.05) is 6.07 Å². The highest BCUT2D eigenvalue weighted by molar-refractivity contribution is 5.90. The van der Waals surface area contributed by atoms with Crippen molar-refractivity contribution in [3.63, 3.8) is 0 Å². The molecule has 0 amide bonds. The van der Waals surface area contributed by atoms with Gasteiger partial charge in [0, 0.05) is 28.6 Å². The lowest BCUT2D eigenvalue weighted by atomic mass is 9.96. The van der Waals surface area contributed by atoms with Gasteiger partial charge in [-0.05, 0) is 54.4 Å². The van der Waals surface area contributed by atoms with E-state index in [1.165, 1.54) is 12.1 Å². The van der Waals surface area contributed by atoms with Crippen LogP contribution >= 0.6 is 0 Å². The summed E-state index contributed by atoms with van der Waals surface area (Å²) in [6.45, 7) is 1.67. The molecule has 0 atom stereocenters. The molecule has 0 unspecified atom stereocenters. The Balaban J connectivity index is 2.22. The number of nitrogens with zero attached hydrogens (tertiary/aromatic N) is 1. The highest BCUT2D eigenvalue weighted by atomic mass is 19.1. The fourth-order valence-electron chi connectivity index (χ4n) is 2.55. The summed E-state index contributed by atoms with van der Waals surface area (Å²) >= 11 is 0. The molecule has 120 valence electrons. The van der Waals surface area contributed by atoms with Crippen LogP contribution in [0.4, 0.5) is 14.5 Å². The van der Waals surface area contributed by atoms with Crippen molar-refractivity contribution < 1.29 is 8.78 Å². The van der Waals surface area contributed by atoms with Crippen LogP contribution in [0, 0.1) is 24.0 Å². The van der Waals surface area contributed by atoms with Gasteiger partial charge in [-0.25, -0.2) is 8.78 Å². The van der Waals surface area contributed by atoms with Gasteiger partial charge < -0.3 is 11.1 Å². The predicted molar refractivity (Wildman–Crippen MR) is 92.1 cm³/mol. The first-order valence-electron chi connectivity index (χ1n) is 7.32. The molecule has 0 saturated heterocycles. The van der Waals surface area contributed by atoms with Crippen molar-refractivity contribution in [1.82, 2.24) is 4.98 Å². The molecule has 1 heterocycles. The van der Waals surface area contributed by atoms with E-state index in [-0.39, 0.29) is 5.82 Å². The third-order valence-corrected chi connectivity index (χ3v) is 3.84. The molecule has 0 saturated carbocycles. The molecule has 24 heavy (non-hydrogen) atoms. The van der Waals surface area contributed by atoms with Crippen LogP contribution in [0.2, 0.25) is 0 Å². The molecule has 0 spiro atoms. The second-order valence-corrected chi connectivity index (χ2v) is 5.50. The van der Waals surface area contributed by atoms with Gasteiger partial charge in [0.05, 0.1) is 11.9 Å². The lowest BCUT2D eigenvalue weighted by molar-refractivity contribution is 0.618. The van der Waals surface area contributed by atoms with E-state index in [0.717, 1.165) is 12.4 Å². The van der Waals surface area contributed by atoms with Crippen LogP contribution in [-0.4, -0.2) is 11.2 Å². The third kappa shape index (κ3) is 2.88. The van der Waals surface area contributed by atoms with E-state index in [4.69, 9.17) is 11.1 Å². The maximum Gasteiger partial charge on any atom is 0.142 e. The van der Waals surface area contributed by atoms with Gasteiger partial charge in [-0.2, -0.15) is 0 Å². The molecule has 0 aliphatic heterocycles. The minimum atomic E-state index is -0.471. The topological polar surface area (TPSA) is 62.8 Å². The zero-order chi connectivity index (χ0) is 17.3. The van der Waals surface area contributed by atoms with E-state index in [1.54, 1.807) is 37.3 Å². The Morgan fingerprint density at radius 2 is 1.79 bits per heavy atom. The van der Waals surface area contributed by atoms with Crippen molar-refractivity contribution in [2.45, 2.75) is 6.92 Å². The van der Waals surface area contributed by atoms with Gasteiger partial charge in [0.25, 0.3) is 0 Å². The number of aryl methyl sites for hydroxylation is 1. The molecule has 2 aromatic carbocycles. The fourth-order valence-corrected chi connectivity index (χ4v) is 2.55. The van der Waals surface area contributed by atoms with Gasteiger partial charge in [0.2, 0.25) is 0 Å². The van der Waals surface area contributed by atoms with E-state index in [1.807, 2.05) is 0 Å². The summed E-state index contributed by atoms with van der Waals surface area (Å²) in [5, 5.41) is 7.42. The Hall–Kier alpha value is -3.08. The number of rotatable bonds is 3. The van der Waals surface area contributed by atoms with Crippen LogP contribution in [0.1, 0.15) is 11.1 Å². The van der Waals surface area contributed by atoms with Crippen LogP contribution in [-0.2, 0) is 0 Å². The van der Waals surface area contributed by atoms with Crippen molar-refractivity contribution in [3.8, 4) is 22.4 Å². The monoisotopic (exact) mass is 323 g/mol. The first-order valence-corrected chi connectivity index (χ1v) is 7.32. The Labute approximate surface area is 138 Å². The van der Waals surface area contributed by atoms with E-state index in [9.17, 15) is 8.78 Å². The van der Waals surface area contributed by atoms with E-state index in [2.05, 4.69) is 4.98 Å². The number of benzene rings is 2. The first kappa shape index (κ1) is 15.8. The third-order valence-electron chi connectivity index (χ3n) is 3.84. The number of hydrogen-bond donors (Lipinski definition) is 2. The van der Waals surface area contributed by atoms with Gasteiger partial charge in [0.15, 0.2) is 0 Å². The molecular formula is C19H15F2N3. The van der Waals surface area contributed by atoms with Gasteiger partial charge in [-0.15, -0.1) is 0 Å². The molecule has 0 fully saturated rings. The molecule has 0 aliphatic carbocycles. The molecular weight excluding hydrogens is 308 g/mol. The van der Waals surface area contributed by atoms with Crippen molar-refractivity contribution in [2.24, 2.45) is 0 Å². The number of nitrogen functional groups attached to an aromatic ring is 1. The standard InChI is InChI=1S/C19H15F2N3/c1-11-6-13(2-4-17(11)21)19-16(8-15(20)10-24-19)12-3-5-18(23)14(7-12)9-22/h2-10,22H,23H2,1H3. The quantitative estimate of drug-likeness (QED) is 0.547. The Morgan fingerprint density at radius 1 is 1.04 bits per heavy atom. The van der Waals surface area contributed by atoms with Crippen LogP contribution in [0.3, 0.4) is 0 Å². The fraction of sp³-hybridized carbons (Fsp3) is 0.0526. The Bertz CT molecular complexity index is 936. The summed E-state index contributed by atoms with van der Waals surface area (Å²) in [4.78, 5) is 4.19. The van der Waals surface area contributed by atoms with Gasteiger partial charge in [-0.3, -0.25) is 4.98 Å².